The Hall–Kier alpha value is -2.53. The minimum atomic E-state index is 0.759. The number of hydrogen-bond donors (Lipinski definition) is 0. The number of hydrogen-bond acceptors (Lipinski definition) is 4. The lowest BCUT2D eigenvalue weighted by Crippen LogP contribution is -2.24. The fourth-order valence-electron chi connectivity index (χ4n) is 3.30. The molecule has 0 fully saturated rings. The van der Waals surface area contributed by atoms with Crippen LogP contribution < -0.4 is 0 Å². The minimum absolute atomic E-state index is 0.759. The molecule has 0 saturated carbocycles. The fraction of sp³-hybridized carbons (Fsp3) is 0.381. The Kier molecular flexibility index (Phi) is 6.12. The van der Waals surface area contributed by atoms with E-state index >= 15 is 0 Å². The fourth-order valence-corrected chi connectivity index (χ4v) is 3.30. The zero-order valence-corrected chi connectivity index (χ0v) is 15.9. The van der Waals surface area contributed by atoms with Gasteiger partial charge in [0.05, 0.1) is 6.54 Å². The van der Waals surface area contributed by atoms with Crippen LogP contribution in [0.25, 0.3) is 0 Å². The summed E-state index contributed by atoms with van der Waals surface area (Å²) in [7, 11) is 0. The molecule has 0 radical (unpaired) electrons. The number of benzene rings is 1. The normalized spacial score (nSPS) is 11.2. The second-order valence-electron chi connectivity index (χ2n) is 6.87. The molecule has 2 heterocycles. The summed E-state index contributed by atoms with van der Waals surface area (Å²) in [6.07, 6.45) is 8.28. The van der Waals surface area contributed by atoms with Gasteiger partial charge in [-0.05, 0) is 60.7 Å². The molecule has 1 aromatic carbocycles. The third kappa shape index (κ3) is 4.76. The average molecular weight is 349 g/mol. The van der Waals surface area contributed by atoms with E-state index in [1.54, 1.807) is 12.7 Å². The molecule has 0 unspecified atom stereocenters. The quantitative estimate of drug-likeness (QED) is 0.621. The van der Waals surface area contributed by atoms with E-state index in [0.717, 1.165) is 32.6 Å². The standard InChI is InChI=1S/C21H27N5/c1-4-8-25(12-19-6-5-7-22-11-19)13-20-10-21(18(3)9-17(20)2)14-26-16-23-15-24-26/h5-7,9-11,15-16H,4,8,12-14H2,1-3H3. The minimum Gasteiger partial charge on any atom is -0.295 e. The molecule has 5 heteroatoms. The summed E-state index contributed by atoms with van der Waals surface area (Å²) in [4.78, 5) is 10.8. The van der Waals surface area contributed by atoms with Crippen molar-refractivity contribution in [1.82, 2.24) is 24.6 Å². The van der Waals surface area contributed by atoms with Crippen LogP contribution in [0.3, 0.4) is 0 Å². The number of aromatic nitrogens is 4. The smallest absolute Gasteiger partial charge is 0.137 e. The first-order valence-corrected chi connectivity index (χ1v) is 9.18. The van der Waals surface area contributed by atoms with Crippen molar-refractivity contribution >= 4 is 0 Å². The summed E-state index contributed by atoms with van der Waals surface area (Å²) in [5, 5.41) is 4.24. The lowest BCUT2D eigenvalue weighted by molar-refractivity contribution is 0.256. The van der Waals surface area contributed by atoms with E-state index in [1.165, 1.54) is 27.8 Å². The van der Waals surface area contributed by atoms with Gasteiger partial charge in [0, 0.05) is 25.5 Å². The summed E-state index contributed by atoms with van der Waals surface area (Å²) >= 11 is 0. The van der Waals surface area contributed by atoms with Crippen LogP contribution in [0.4, 0.5) is 0 Å². The Balaban J connectivity index is 1.79. The number of pyridine rings is 1. The van der Waals surface area contributed by atoms with Gasteiger partial charge in [-0.15, -0.1) is 0 Å². The van der Waals surface area contributed by atoms with E-state index in [1.807, 2.05) is 23.1 Å². The first-order chi connectivity index (χ1) is 12.7. The lowest BCUT2D eigenvalue weighted by atomic mass is 9.99. The van der Waals surface area contributed by atoms with Crippen molar-refractivity contribution in [2.75, 3.05) is 6.54 Å². The summed E-state index contributed by atoms with van der Waals surface area (Å²) in [5.74, 6) is 0. The molecular formula is C21H27N5. The molecule has 3 rings (SSSR count). The van der Waals surface area contributed by atoms with Gasteiger partial charge >= 0.3 is 0 Å². The highest BCUT2D eigenvalue weighted by atomic mass is 15.3. The number of aryl methyl sites for hydroxylation is 2. The van der Waals surface area contributed by atoms with Gasteiger partial charge in [-0.1, -0.05) is 25.1 Å². The Morgan fingerprint density at radius 2 is 1.88 bits per heavy atom. The van der Waals surface area contributed by atoms with E-state index in [4.69, 9.17) is 0 Å². The van der Waals surface area contributed by atoms with Gasteiger partial charge in [0.25, 0.3) is 0 Å². The van der Waals surface area contributed by atoms with Crippen LogP contribution in [-0.2, 0) is 19.6 Å². The maximum Gasteiger partial charge on any atom is 0.137 e. The summed E-state index contributed by atoms with van der Waals surface area (Å²) < 4.78 is 1.88. The Morgan fingerprint density at radius 3 is 2.58 bits per heavy atom. The highest BCUT2D eigenvalue weighted by Gasteiger charge is 2.11. The van der Waals surface area contributed by atoms with E-state index in [-0.39, 0.29) is 0 Å². The summed E-state index contributed by atoms with van der Waals surface area (Å²) in [6, 6.07) is 8.77. The molecule has 0 atom stereocenters. The zero-order valence-electron chi connectivity index (χ0n) is 15.9. The third-order valence-electron chi connectivity index (χ3n) is 4.66. The van der Waals surface area contributed by atoms with E-state index in [2.05, 4.69) is 58.9 Å². The highest BCUT2D eigenvalue weighted by Crippen LogP contribution is 2.20. The number of rotatable bonds is 8. The molecule has 0 amide bonds. The predicted molar refractivity (Wildman–Crippen MR) is 104 cm³/mol. The van der Waals surface area contributed by atoms with Crippen LogP contribution in [0.1, 0.15) is 41.2 Å². The van der Waals surface area contributed by atoms with E-state index < -0.39 is 0 Å². The maximum atomic E-state index is 4.25. The van der Waals surface area contributed by atoms with Crippen molar-refractivity contribution in [3.8, 4) is 0 Å². The first-order valence-electron chi connectivity index (χ1n) is 9.18. The monoisotopic (exact) mass is 349 g/mol. The molecule has 0 aliphatic heterocycles. The van der Waals surface area contributed by atoms with Crippen LogP contribution in [-0.4, -0.2) is 31.2 Å². The van der Waals surface area contributed by atoms with Gasteiger partial charge < -0.3 is 0 Å². The number of nitrogens with zero attached hydrogens (tertiary/aromatic N) is 5. The van der Waals surface area contributed by atoms with Crippen LogP contribution >= 0.6 is 0 Å². The van der Waals surface area contributed by atoms with Gasteiger partial charge in [0.1, 0.15) is 12.7 Å². The van der Waals surface area contributed by atoms with Crippen LogP contribution in [0.5, 0.6) is 0 Å². The molecule has 0 saturated heterocycles. The van der Waals surface area contributed by atoms with E-state index in [0.29, 0.717) is 0 Å². The van der Waals surface area contributed by atoms with Crippen molar-refractivity contribution in [3.05, 3.63) is 77.1 Å². The summed E-state index contributed by atoms with van der Waals surface area (Å²) in [5.41, 5.74) is 6.58. The van der Waals surface area contributed by atoms with Crippen molar-refractivity contribution in [1.29, 1.82) is 0 Å². The Bertz CT molecular complexity index is 812. The maximum absolute atomic E-state index is 4.25. The summed E-state index contributed by atoms with van der Waals surface area (Å²) in [6.45, 7) is 10.3. The largest absolute Gasteiger partial charge is 0.295 e. The van der Waals surface area contributed by atoms with Crippen LogP contribution in [0.15, 0.2) is 49.3 Å². The SMILES string of the molecule is CCCN(Cc1cccnc1)Cc1cc(Cn2cncn2)c(C)cc1C. The molecule has 0 aliphatic rings. The highest BCUT2D eigenvalue weighted by molar-refractivity contribution is 5.37. The van der Waals surface area contributed by atoms with Gasteiger partial charge in [-0.3, -0.25) is 9.88 Å². The molecule has 0 aliphatic carbocycles. The second-order valence-corrected chi connectivity index (χ2v) is 6.87. The zero-order chi connectivity index (χ0) is 18.4. The molecule has 136 valence electrons. The van der Waals surface area contributed by atoms with Crippen LogP contribution in [0, 0.1) is 13.8 Å². The Labute approximate surface area is 155 Å². The molecule has 2 aromatic heterocycles. The molecule has 5 nitrogen and oxygen atoms in total. The molecule has 0 bridgehead atoms. The van der Waals surface area contributed by atoms with Crippen molar-refractivity contribution in [2.24, 2.45) is 0 Å². The van der Waals surface area contributed by atoms with E-state index in [9.17, 15) is 0 Å². The van der Waals surface area contributed by atoms with Crippen molar-refractivity contribution in [2.45, 2.75) is 46.8 Å². The second kappa shape index (κ2) is 8.72. The van der Waals surface area contributed by atoms with Gasteiger partial charge in [0.15, 0.2) is 0 Å². The first kappa shape index (κ1) is 18.3. The molecule has 0 spiro atoms. The van der Waals surface area contributed by atoms with Crippen LogP contribution in [0.2, 0.25) is 0 Å². The van der Waals surface area contributed by atoms with Crippen molar-refractivity contribution < 1.29 is 0 Å². The molecular weight excluding hydrogens is 322 g/mol. The van der Waals surface area contributed by atoms with Gasteiger partial charge in [-0.25, -0.2) is 9.67 Å². The van der Waals surface area contributed by atoms with Gasteiger partial charge in [0.2, 0.25) is 0 Å². The van der Waals surface area contributed by atoms with Crippen molar-refractivity contribution in [3.63, 3.8) is 0 Å². The Morgan fingerprint density at radius 1 is 1.04 bits per heavy atom. The average Bonchev–Trinajstić information content (AvgIpc) is 3.13. The topological polar surface area (TPSA) is 46.8 Å². The molecule has 3 aromatic rings. The third-order valence-corrected chi connectivity index (χ3v) is 4.66. The molecule has 26 heavy (non-hydrogen) atoms. The molecule has 0 N–H and O–H groups in total. The van der Waals surface area contributed by atoms with Gasteiger partial charge in [-0.2, -0.15) is 5.10 Å². The predicted octanol–water partition coefficient (Wildman–Crippen LogP) is 3.75. The lowest BCUT2D eigenvalue weighted by Gasteiger charge is -2.23.